The highest BCUT2D eigenvalue weighted by Crippen LogP contribution is 2.16. The molecule has 0 heterocycles. The number of hydrogen-bond acceptors (Lipinski definition) is 4. The second-order valence-corrected chi connectivity index (χ2v) is 7.84. The molecule has 0 bridgehead atoms. The van der Waals surface area contributed by atoms with Crippen molar-refractivity contribution < 1.29 is 8.42 Å². The molecule has 0 amide bonds. The van der Waals surface area contributed by atoms with Gasteiger partial charge in [-0.1, -0.05) is 26.0 Å². The first kappa shape index (κ1) is 17.1. The smallest absolute Gasteiger partial charge is 0.240 e. The molecule has 0 aromatic heterocycles. The molecule has 0 radical (unpaired) electrons. The molecule has 1 rings (SSSR count). The van der Waals surface area contributed by atoms with E-state index in [1.807, 2.05) is 32.8 Å². The van der Waals surface area contributed by atoms with Gasteiger partial charge in [-0.2, -0.15) is 0 Å². The topological polar surface area (TPSA) is 75.4 Å². The highest BCUT2D eigenvalue weighted by atomic mass is 32.2. The molecule has 0 saturated carbocycles. The van der Waals surface area contributed by atoms with E-state index in [0.29, 0.717) is 13.1 Å². The summed E-state index contributed by atoms with van der Waals surface area (Å²) in [6.07, 6.45) is 0. The third-order valence-corrected chi connectivity index (χ3v) is 4.37. The molecule has 114 valence electrons. The van der Waals surface area contributed by atoms with Gasteiger partial charge < -0.3 is 10.6 Å². The van der Waals surface area contributed by atoms with Gasteiger partial charge in [0.25, 0.3) is 0 Å². The lowest BCUT2D eigenvalue weighted by atomic mass is 9.93. The fourth-order valence-electron chi connectivity index (χ4n) is 2.09. The van der Waals surface area contributed by atoms with E-state index < -0.39 is 10.0 Å². The maximum atomic E-state index is 12.2. The van der Waals surface area contributed by atoms with Crippen molar-refractivity contribution in [1.29, 1.82) is 0 Å². The van der Waals surface area contributed by atoms with Gasteiger partial charge in [0.2, 0.25) is 10.0 Å². The van der Waals surface area contributed by atoms with Gasteiger partial charge in [-0.3, -0.25) is 0 Å². The quantitative estimate of drug-likeness (QED) is 0.788. The molecule has 0 spiro atoms. The zero-order chi connectivity index (χ0) is 15.4. The third kappa shape index (κ3) is 5.20. The van der Waals surface area contributed by atoms with Gasteiger partial charge in [0.15, 0.2) is 0 Å². The Hall–Kier alpha value is -0.950. The summed E-state index contributed by atoms with van der Waals surface area (Å²) in [5, 5.41) is 0. The van der Waals surface area contributed by atoms with Crippen LogP contribution in [-0.2, 0) is 16.6 Å². The van der Waals surface area contributed by atoms with E-state index in [1.165, 1.54) is 0 Å². The van der Waals surface area contributed by atoms with E-state index in [-0.39, 0.29) is 10.3 Å². The molecule has 6 heteroatoms. The minimum absolute atomic E-state index is 0.131. The Labute approximate surface area is 122 Å². The van der Waals surface area contributed by atoms with Crippen molar-refractivity contribution in [2.24, 2.45) is 11.1 Å². The molecule has 0 aliphatic carbocycles. The average Bonchev–Trinajstić information content (AvgIpc) is 2.35. The van der Waals surface area contributed by atoms with Crippen LogP contribution in [0.25, 0.3) is 0 Å². The van der Waals surface area contributed by atoms with Gasteiger partial charge >= 0.3 is 0 Å². The first-order valence-electron chi connectivity index (χ1n) is 6.60. The van der Waals surface area contributed by atoms with Crippen molar-refractivity contribution in [3.63, 3.8) is 0 Å². The van der Waals surface area contributed by atoms with Crippen LogP contribution in [0.1, 0.15) is 19.4 Å². The van der Waals surface area contributed by atoms with Gasteiger partial charge in [0.1, 0.15) is 0 Å². The van der Waals surface area contributed by atoms with E-state index in [1.54, 1.807) is 24.3 Å². The number of sulfonamides is 1. The largest absolute Gasteiger partial charge is 0.326 e. The Morgan fingerprint density at radius 2 is 1.75 bits per heavy atom. The predicted octanol–water partition coefficient (Wildman–Crippen LogP) is 1.01. The van der Waals surface area contributed by atoms with Crippen LogP contribution < -0.4 is 10.5 Å². The Kier molecular flexibility index (Phi) is 5.70. The summed E-state index contributed by atoms with van der Waals surface area (Å²) >= 11 is 0. The highest BCUT2D eigenvalue weighted by molar-refractivity contribution is 7.89. The van der Waals surface area contributed by atoms with E-state index in [9.17, 15) is 8.42 Å². The molecule has 0 aliphatic rings. The summed E-state index contributed by atoms with van der Waals surface area (Å²) in [6.45, 7) is 5.68. The van der Waals surface area contributed by atoms with Crippen LogP contribution in [-0.4, -0.2) is 40.5 Å². The summed E-state index contributed by atoms with van der Waals surface area (Å²) in [5.41, 5.74) is 6.28. The van der Waals surface area contributed by atoms with E-state index in [4.69, 9.17) is 5.73 Å². The number of nitrogens with two attached hydrogens (primary N) is 1. The van der Waals surface area contributed by atoms with Crippen molar-refractivity contribution >= 4 is 10.0 Å². The summed E-state index contributed by atoms with van der Waals surface area (Å²) in [6, 6.07) is 6.64. The second kappa shape index (κ2) is 6.67. The summed E-state index contributed by atoms with van der Waals surface area (Å²) in [4.78, 5) is 2.32. The number of hydrogen-bond donors (Lipinski definition) is 2. The minimum atomic E-state index is -3.46. The van der Waals surface area contributed by atoms with Crippen molar-refractivity contribution in [3.8, 4) is 0 Å². The minimum Gasteiger partial charge on any atom is -0.326 e. The molecule has 1 aromatic rings. The van der Waals surface area contributed by atoms with Gasteiger partial charge in [0.05, 0.1) is 4.90 Å². The first-order chi connectivity index (χ1) is 9.16. The fraction of sp³-hybridized carbons (Fsp3) is 0.571. The lowest BCUT2D eigenvalue weighted by Gasteiger charge is -2.28. The van der Waals surface area contributed by atoms with Crippen LogP contribution in [0.4, 0.5) is 0 Å². The van der Waals surface area contributed by atoms with Gasteiger partial charge in [-0.05, 0) is 37.2 Å². The van der Waals surface area contributed by atoms with E-state index in [0.717, 1.165) is 12.1 Å². The van der Waals surface area contributed by atoms with Crippen molar-refractivity contribution in [2.75, 3.05) is 27.2 Å². The first-order valence-corrected chi connectivity index (χ1v) is 8.08. The Bertz CT molecular complexity index is 522. The molecule has 0 saturated heterocycles. The van der Waals surface area contributed by atoms with E-state index in [2.05, 4.69) is 4.72 Å². The second-order valence-electron chi connectivity index (χ2n) is 6.07. The Morgan fingerprint density at radius 3 is 2.20 bits per heavy atom. The molecule has 0 atom stereocenters. The van der Waals surface area contributed by atoms with Crippen molar-refractivity contribution in [2.45, 2.75) is 25.3 Å². The average molecular weight is 299 g/mol. The Morgan fingerprint density at radius 1 is 1.20 bits per heavy atom. The van der Waals surface area contributed by atoms with E-state index >= 15 is 0 Å². The summed E-state index contributed by atoms with van der Waals surface area (Å²) in [7, 11) is 0.484. The highest BCUT2D eigenvalue weighted by Gasteiger charge is 2.22. The molecule has 5 nitrogen and oxygen atoms in total. The zero-order valence-electron chi connectivity index (χ0n) is 12.7. The van der Waals surface area contributed by atoms with Gasteiger partial charge in [-0.15, -0.1) is 0 Å². The maximum Gasteiger partial charge on any atom is 0.240 e. The third-order valence-electron chi connectivity index (χ3n) is 2.95. The molecule has 0 fully saturated rings. The molecule has 3 N–H and O–H groups in total. The zero-order valence-corrected chi connectivity index (χ0v) is 13.5. The van der Waals surface area contributed by atoms with Crippen molar-refractivity contribution in [3.05, 3.63) is 29.8 Å². The molecular formula is C14H25N3O2S. The number of rotatable bonds is 7. The molecular weight excluding hydrogens is 274 g/mol. The normalized spacial score (nSPS) is 12.9. The SMILES string of the molecule is CN(C)CC(C)(C)CNS(=O)(=O)c1ccc(CN)cc1. The van der Waals surface area contributed by atoms with Crippen molar-refractivity contribution in [1.82, 2.24) is 9.62 Å². The van der Waals surface area contributed by atoms with Crippen LogP contribution in [0.3, 0.4) is 0 Å². The fourth-order valence-corrected chi connectivity index (χ4v) is 3.33. The summed E-state index contributed by atoms with van der Waals surface area (Å²) < 4.78 is 27.1. The lowest BCUT2D eigenvalue weighted by Crippen LogP contribution is -2.39. The number of nitrogens with zero attached hydrogens (tertiary/aromatic N) is 1. The molecule has 20 heavy (non-hydrogen) atoms. The van der Waals surface area contributed by atoms with Crippen LogP contribution in [0, 0.1) is 5.41 Å². The lowest BCUT2D eigenvalue weighted by molar-refractivity contribution is 0.242. The maximum absolute atomic E-state index is 12.2. The predicted molar refractivity (Wildman–Crippen MR) is 81.9 cm³/mol. The van der Waals surface area contributed by atoms with Gasteiger partial charge in [-0.25, -0.2) is 13.1 Å². The van der Waals surface area contributed by atoms with Gasteiger partial charge in [0, 0.05) is 19.6 Å². The van der Waals surface area contributed by atoms with Crippen LogP contribution in [0.2, 0.25) is 0 Å². The van der Waals surface area contributed by atoms with Crippen LogP contribution in [0.15, 0.2) is 29.2 Å². The molecule has 0 aliphatic heterocycles. The number of nitrogens with one attached hydrogen (secondary N) is 1. The Balaban J connectivity index is 2.74. The number of benzene rings is 1. The monoisotopic (exact) mass is 299 g/mol. The standard InChI is InChI=1S/C14H25N3O2S/c1-14(2,11-17(3)4)10-16-20(18,19)13-7-5-12(9-15)6-8-13/h5-8,16H,9-11,15H2,1-4H3. The van der Waals surface area contributed by atoms with Crippen LogP contribution in [0.5, 0.6) is 0 Å². The van der Waals surface area contributed by atoms with Crippen LogP contribution >= 0.6 is 0 Å². The molecule has 1 aromatic carbocycles. The summed E-state index contributed by atoms with van der Waals surface area (Å²) in [5.74, 6) is 0. The molecule has 0 unspecified atom stereocenters.